The predicted molar refractivity (Wildman–Crippen MR) is 108 cm³/mol. The molecule has 0 bridgehead atoms. The van der Waals surface area contributed by atoms with Crippen molar-refractivity contribution in [1.29, 1.82) is 0 Å². The van der Waals surface area contributed by atoms with Gasteiger partial charge < -0.3 is 9.47 Å². The Morgan fingerprint density at radius 1 is 1.15 bits per heavy atom. The highest BCUT2D eigenvalue weighted by atomic mass is 16.5. The van der Waals surface area contributed by atoms with E-state index < -0.39 is 0 Å². The maximum absolute atomic E-state index is 12.8. The van der Waals surface area contributed by atoms with E-state index in [1.165, 1.54) is 0 Å². The van der Waals surface area contributed by atoms with E-state index >= 15 is 0 Å². The number of nitrogens with zero attached hydrogens (tertiary/aromatic N) is 1. The molecular weight excluding hydrogens is 338 g/mol. The molecule has 0 aliphatic carbocycles. The first-order valence-electron chi connectivity index (χ1n) is 9.77. The van der Waals surface area contributed by atoms with Crippen molar-refractivity contribution in [2.75, 3.05) is 13.2 Å². The zero-order chi connectivity index (χ0) is 19.1. The first-order chi connectivity index (χ1) is 13.2. The fourth-order valence-corrected chi connectivity index (χ4v) is 3.20. The van der Waals surface area contributed by atoms with Gasteiger partial charge >= 0.3 is 5.97 Å². The molecule has 2 aromatic carbocycles. The van der Waals surface area contributed by atoms with Crippen LogP contribution in [-0.2, 0) is 0 Å². The molecule has 142 valence electrons. The van der Waals surface area contributed by atoms with Gasteiger partial charge in [0.05, 0.1) is 6.61 Å². The van der Waals surface area contributed by atoms with Crippen LogP contribution >= 0.6 is 0 Å². The Labute approximate surface area is 161 Å². The van der Waals surface area contributed by atoms with Crippen LogP contribution < -0.4 is 9.47 Å². The molecule has 0 spiro atoms. The molecule has 2 aromatic rings. The van der Waals surface area contributed by atoms with Crippen LogP contribution in [0.4, 0.5) is 0 Å². The molecule has 4 nitrogen and oxygen atoms in total. The van der Waals surface area contributed by atoms with Crippen LogP contribution in [0.2, 0.25) is 0 Å². The predicted octanol–water partition coefficient (Wildman–Crippen LogP) is 5.37. The van der Waals surface area contributed by atoms with Crippen molar-refractivity contribution in [2.24, 2.45) is 4.99 Å². The van der Waals surface area contributed by atoms with Gasteiger partial charge in [-0.2, -0.15) is 0 Å². The lowest BCUT2D eigenvalue weighted by molar-refractivity contribution is 0.0729. The Morgan fingerprint density at radius 2 is 1.96 bits per heavy atom. The number of hydrogen-bond donors (Lipinski definition) is 0. The van der Waals surface area contributed by atoms with Crippen LogP contribution in [0, 0.1) is 6.92 Å². The fourth-order valence-electron chi connectivity index (χ4n) is 3.20. The van der Waals surface area contributed by atoms with Crippen molar-refractivity contribution >= 4 is 11.7 Å². The molecule has 3 rings (SSSR count). The standard InChI is InChI=1S/C23H27NO3/c1-3-4-14-26-21-16-18(20-12-8-9-13-24-20)15-17(2)22(21)23(25)27-19-10-6-5-7-11-19/h5-7,10-11,15-16H,3-4,8-9,12-14H2,1-2H3. The molecule has 27 heavy (non-hydrogen) atoms. The molecule has 4 heteroatoms. The zero-order valence-electron chi connectivity index (χ0n) is 16.2. The van der Waals surface area contributed by atoms with Crippen molar-refractivity contribution in [3.8, 4) is 11.5 Å². The summed E-state index contributed by atoms with van der Waals surface area (Å²) in [4.78, 5) is 17.5. The molecule has 0 N–H and O–H groups in total. The number of carbonyl (C=O) groups is 1. The Bertz CT molecular complexity index is 812. The normalized spacial score (nSPS) is 13.8. The van der Waals surface area contributed by atoms with Crippen LogP contribution in [0.25, 0.3) is 0 Å². The van der Waals surface area contributed by atoms with Crippen LogP contribution in [0.1, 0.15) is 60.5 Å². The lowest BCUT2D eigenvalue weighted by Crippen LogP contribution is -2.15. The van der Waals surface area contributed by atoms with Gasteiger partial charge in [-0.25, -0.2) is 4.79 Å². The first-order valence-corrected chi connectivity index (χ1v) is 9.77. The monoisotopic (exact) mass is 365 g/mol. The lowest BCUT2D eigenvalue weighted by Gasteiger charge is -2.18. The molecule has 0 aromatic heterocycles. The van der Waals surface area contributed by atoms with Gasteiger partial charge in [-0.15, -0.1) is 0 Å². The number of carbonyl (C=O) groups excluding carboxylic acids is 1. The summed E-state index contributed by atoms with van der Waals surface area (Å²) in [5, 5.41) is 0. The average Bonchev–Trinajstić information content (AvgIpc) is 2.69. The Morgan fingerprint density at radius 3 is 2.67 bits per heavy atom. The highest BCUT2D eigenvalue weighted by Gasteiger charge is 2.21. The van der Waals surface area contributed by atoms with Gasteiger partial charge in [0.25, 0.3) is 0 Å². The summed E-state index contributed by atoms with van der Waals surface area (Å²) >= 11 is 0. The number of aryl methyl sites for hydroxylation is 1. The van der Waals surface area contributed by atoms with Gasteiger partial charge in [0.15, 0.2) is 0 Å². The molecule has 0 radical (unpaired) electrons. The van der Waals surface area contributed by atoms with Gasteiger partial charge in [-0.05, 0) is 68.0 Å². The van der Waals surface area contributed by atoms with E-state index in [9.17, 15) is 4.79 Å². The third-order valence-electron chi connectivity index (χ3n) is 4.67. The summed E-state index contributed by atoms with van der Waals surface area (Å²) in [6.45, 7) is 5.50. The Hall–Kier alpha value is -2.62. The number of unbranched alkanes of at least 4 members (excludes halogenated alkanes) is 1. The summed E-state index contributed by atoms with van der Waals surface area (Å²) in [6, 6.07) is 13.1. The second-order valence-electron chi connectivity index (χ2n) is 6.86. The number of rotatable bonds is 7. The largest absolute Gasteiger partial charge is 0.493 e. The first kappa shape index (κ1) is 19.2. The van der Waals surface area contributed by atoms with E-state index in [-0.39, 0.29) is 5.97 Å². The minimum Gasteiger partial charge on any atom is -0.493 e. The topological polar surface area (TPSA) is 47.9 Å². The van der Waals surface area contributed by atoms with Crippen molar-refractivity contribution in [1.82, 2.24) is 0 Å². The van der Waals surface area contributed by atoms with Crippen molar-refractivity contribution in [2.45, 2.75) is 46.0 Å². The van der Waals surface area contributed by atoms with E-state index in [4.69, 9.17) is 9.47 Å². The second kappa shape index (κ2) is 9.36. The van der Waals surface area contributed by atoms with E-state index in [0.29, 0.717) is 23.7 Å². The van der Waals surface area contributed by atoms with Gasteiger partial charge in [0, 0.05) is 12.3 Å². The van der Waals surface area contributed by atoms with Crippen molar-refractivity contribution in [3.05, 3.63) is 59.2 Å². The molecule has 0 fully saturated rings. The number of hydrogen-bond acceptors (Lipinski definition) is 4. The van der Waals surface area contributed by atoms with Crippen molar-refractivity contribution in [3.63, 3.8) is 0 Å². The summed E-state index contributed by atoms with van der Waals surface area (Å²) in [5.74, 6) is 0.733. The van der Waals surface area contributed by atoms with Gasteiger partial charge in [0.1, 0.15) is 17.1 Å². The Kier molecular flexibility index (Phi) is 6.64. The van der Waals surface area contributed by atoms with Crippen LogP contribution in [0.15, 0.2) is 47.5 Å². The molecule has 1 aliphatic heterocycles. The molecular formula is C23H27NO3. The van der Waals surface area contributed by atoms with Crippen molar-refractivity contribution < 1.29 is 14.3 Å². The highest BCUT2D eigenvalue weighted by Crippen LogP contribution is 2.28. The molecule has 1 aliphatic rings. The fraction of sp³-hybridized carbons (Fsp3) is 0.391. The summed E-state index contributed by atoms with van der Waals surface area (Å²) in [6.07, 6.45) is 5.25. The minimum atomic E-state index is -0.387. The number of para-hydroxylation sites is 1. The molecule has 1 heterocycles. The molecule has 0 amide bonds. The molecule has 0 atom stereocenters. The summed E-state index contributed by atoms with van der Waals surface area (Å²) in [7, 11) is 0. The third-order valence-corrected chi connectivity index (χ3v) is 4.67. The maximum Gasteiger partial charge on any atom is 0.347 e. The van der Waals surface area contributed by atoms with E-state index in [0.717, 1.165) is 55.5 Å². The summed E-state index contributed by atoms with van der Waals surface area (Å²) < 4.78 is 11.6. The van der Waals surface area contributed by atoms with Crippen LogP contribution in [0.3, 0.4) is 0 Å². The maximum atomic E-state index is 12.8. The zero-order valence-corrected chi connectivity index (χ0v) is 16.2. The van der Waals surface area contributed by atoms with E-state index in [1.54, 1.807) is 12.1 Å². The molecule has 0 unspecified atom stereocenters. The van der Waals surface area contributed by atoms with Gasteiger partial charge in [-0.1, -0.05) is 31.5 Å². The van der Waals surface area contributed by atoms with E-state index in [2.05, 4.69) is 11.9 Å². The summed E-state index contributed by atoms with van der Waals surface area (Å²) in [5.41, 5.74) is 3.51. The highest BCUT2D eigenvalue weighted by molar-refractivity contribution is 6.03. The minimum absolute atomic E-state index is 0.387. The smallest absolute Gasteiger partial charge is 0.347 e. The van der Waals surface area contributed by atoms with Gasteiger partial charge in [-0.3, -0.25) is 4.99 Å². The van der Waals surface area contributed by atoms with Crippen LogP contribution in [-0.4, -0.2) is 24.8 Å². The lowest BCUT2D eigenvalue weighted by atomic mass is 9.97. The van der Waals surface area contributed by atoms with Crippen LogP contribution in [0.5, 0.6) is 11.5 Å². The average molecular weight is 365 g/mol. The van der Waals surface area contributed by atoms with E-state index in [1.807, 2.05) is 37.3 Å². The molecule has 0 saturated heterocycles. The number of ether oxygens (including phenoxy) is 2. The quantitative estimate of drug-likeness (QED) is 0.377. The molecule has 0 saturated carbocycles. The second-order valence-corrected chi connectivity index (χ2v) is 6.86. The van der Waals surface area contributed by atoms with Gasteiger partial charge in [0.2, 0.25) is 0 Å². The third kappa shape index (κ3) is 4.97. The number of esters is 1. The Balaban J connectivity index is 1.92. The number of aliphatic imine (C=N–C) groups is 1. The SMILES string of the molecule is CCCCOc1cc(C2=NCCCC2)cc(C)c1C(=O)Oc1ccccc1. The number of benzene rings is 2.